The first-order valence-electron chi connectivity index (χ1n) is 7.01. The first-order valence-corrected chi connectivity index (χ1v) is 8.43. The highest BCUT2D eigenvalue weighted by molar-refractivity contribution is 8.00. The van der Waals surface area contributed by atoms with Crippen LogP contribution in [0.15, 0.2) is 18.2 Å². The van der Waals surface area contributed by atoms with Crippen molar-refractivity contribution >= 4 is 40.6 Å². The zero-order valence-electron chi connectivity index (χ0n) is 11.7. The quantitative estimate of drug-likeness (QED) is 0.820. The Kier molecular flexibility index (Phi) is 5.61. The zero-order valence-corrected chi connectivity index (χ0v) is 13.3. The van der Waals surface area contributed by atoms with Crippen molar-refractivity contribution in [1.82, 2.24) is 0 Å². The minimum absolute atomic E-state index is 0.0000945. The van der Waals surface area contributed by atoms with E-state index in [1.54, 1.807) is 30.0 Å². The molecule has 0 saturated heterocycles. The number of nitrogens with one attached hydrogen (secondary N) is 1. The van der Waals surface area contributed by atoms with Gasteiger partial charge in [-0.1, -0.05) is 31.4 Å². The van der Waals surface area contributed by atoms with Gasteiger partial charge in [-0.25, -0.2) is 0 Å². The highest BCUT2D eigenvalue weighted by Gasteiger charge is 2.20. The second-order valence-corrected chi connectivity index (χ2v) is 7.19. The van der Waals surface area contributed by atoms with Crippen LogP contribution in [-0.4, -0.2) is 16.9 Å². The fraction of sp³-hybridized carbons (Fsp3) is 0.533. The van der Waals surface area contributed by atoms with E-state index in [1.807, 2.05) is 0 Å². The molecule has 3 N–H and O–H groups in total. The third kappa shape index (κ3) is 4.60. The molecule has 1 aromatic carbocycles. The van der Waals surface area contributed by atoms with Crippen molar-refractivity contribution < 1.29 is 4.79 Å². The van der Waals surface area contributed by atoms with Crippen LogP contribution in [0.25, 0.3) is 0 Å². The third-order valence-electron chi connectivity index (χ3n) is 3.61. The Morgan fingerprint density at radius 2 is 2.30 bits per heavy atom. The molecular weight excluding hydrogens is 292 g/mol. The number of thioether (sulfide) groups is 1. The van der Waals surface area contributed by atoms with E-state index >= 15 is 0 Å². The first-order chi connectivity index (χ1) is 9.54. The number of carbonyl (C=O) groups is 1. The van der Waals surface area contributed by atoms with E-state index in [1.165, 1.54) is 25.7 Å². The summed E-state index contributed by atoms with van der Waals surface area (Å²) < 4.78 is 0. The van der Waals surface area contributed by atoms with Crippen LogP contribution in [-0.2, 0) is 4.79 Å². The molecule has 1 saturated carbocycles. The monoisotopic (exact) mass is 312 g/mol. The van der Waals surface area contributed by atoms with Gasteiger partial charge in [0.15, 0.2) is 0 Å². The van der Waals surface area contributed by atoms with Crippen molar-refractivity contribution in [1.29, 1.82) is 0 Å². The molecule has 2 rings (SSSR count). The number of rotatable bonds is 4. The highest BCUT2D eigenvalue weighted by atomic mass is 35.5. The van der Waals surface area contributed by atoms with Crippen molar-refractivity contribution in [2.24, 2.45) is 5.92 Å². The van der Waals surface area contributed by atoms with E-state index in [9.17, 15) is 4.79 Å². The summed E-state index contributed by atoms with van der Waals surface area (Å²) in [4.78, 5) is 12.0. The van der Waals surface area contributed by atoms with Crippen molar-refractivity contribution in [3.63, 3.8) is 0 Å². The summed E-state index contributed by atoms with van der Waals surface area (Å²) in [6.45, 7) is 2.29. The van der Waals surface area contributed by atoms with Crippen molar-refractivity contribution in [2.75, 3.05) is 16.8 Å². The summed E-state index contributed by atoms with van der Waals surface area (Å²) in [5, 5.41) is 3.94. The molecule has 1 amide bonds. The largest absolute Gasteiger partial charge is 0.399 e. The Labute approximate surface area is 129 Å². The second-order valence-electron chi connectivity index (χ2n) is 5.49. The molecule has 2 unspecified atom stereocenters. The van der Waals surface area contributed by atoms with E-state index < -0.39 is 0 Å². The van der Waals surface area contributed by atoms with E-state index in [0.717, 1.165) is 5.92 Å². The minimum Gasteiger partial charge on any atom is -0.399 e. The summed E-state index contributed by atoms with van der Waals surface area (Å²) in [6.07, 6.45) is 5.06. The Morgan fingerprint density at radius 3 is 3.00 bits per heavy atom. The maximum absolute atomic E-state index is 12.0. The van der Waals surface area contributed by atoms with Gasteiger partial charge in [0.05, 0.1) is 16.5 Å². The zero-order chi connectivity index (χ0) is 14.5. The number of nitrogen functional groups attached to an aromatic ring is 1. The number of hydrogen-bond donors (Lipinski definition) is 2. The van der Waals surface area contributed by atoms with Crippen LogP contribution in [0.2, 0.25) is 5.02 Å². The maximum atomic E-state index is 12.0. The predicted molar refractivity (Wildman–Crippen MR) is 88.4 cm³/mol. The topological polar surface area (TPSA) is 55.1 Å². The van der Waals surface area contributed by atoms with Gasteiger partial charge in [-0.15, -0.1) is 11.8 Å². The second kappa shape index (κ2) is 7.23. The van der Waals surface area contributed by atoms with Crippen LogP contribution in [0.5, 0.6) is 0 Å². The van der Waals surface area contributed by atoms with E-state index in [2.05, 4.69) is 12.2 Å². The summed E-state index contributed by atoms with van der Waals surface area (Å²) >= 11 is 7.80. The molecule has 0 radical (unpaired) electrons. The normalized spacial score (nSPS) is 22.5. The fourth-order valence-corrected chi connectivity index (χ4v) is 4.04. The molecule has 20 heavy (non-hydrogen) atoms. The van der Waals surface area contributed by atoms with Crippen LogP contribution in [0.1, 0.15) is 32.6 Å². The Bertz CT molecular complexity index is 481. The predicted octanol–water partition coefficient (Wildman–Crippen LogP) is 4.17. The smallest absolute Gasteiger partial charge is 0.234 e. The molecule has 5 heteroatoms. The molecule has 0 spiro atoms. The molecule has 0 aliphatic heterocycles. The maximum Gasteiger partial charge on any atom is 0.234 e. The van der Waals surface area contributed by atoms with Gasteiger partial charge in [-0.2, -0.15) is 0 Å². The number of benzene rings is 1. The van der Waals surface area contributed by atoms with Crippen molar-refractivity contribution in [3.8, 4) is 0 Å². The number of anilines is 2. The van der Waals surface area contributed by atoms with E-state index in [0.29, 0.717) is 27.4 Å². The van der Waals surface area contributed by atoms with Gasteiger partial charge < -0.3 is 11.1 Å². The lowest BCUT2D eigenvalue weighted by Crippen LogP contribution is -2.20. The highest BCUT2D eigenvalue weighted by Crippen LogP contribution is 2.32. The number of hydrogen-bond acceptors (Lipinski definition) is 3. The number of amides is 1. The van der Waals surface area contributed by atoms with Gasteiger partial charge in [-0.3, -0.25) is 4.79 Å². The lowest BCUT2D eigenvalue weighted by molar-refractivity contribution is -0.113. The molecule has 3 nitrogen and oxygen atoms in total. The van der Waals surface area contributed by atoms with E-state index in [4.69, 9.17) is 17.3 Å². The van der Waals surface area contributed by atoms with Gasteiger partial charge in [-0.05, 0) is 37.0 Å². The van der Waals surface area contributed by atoms with Gasteiger partial charge in [0, 0.05) is 10.9 Å². The average Bonchev–Trinajstić information content (AvgIpc) is 2.40. The molecule has 1 aromatic rings. The van der Waals surface area contributed by atoms with Crippen LogP contribution in [0.4, 0.5) is 11.4 Å². The lowest BCUT2D eigenvalue weighted by atomic mass is 9.91. The van der Waals surface area contributed by atoms with Crippen LogP contribution >= 0.6 is 23.4 Å². The SMILES string of the molecule is CC1CCCC(SCC(=O)Nc2ccc(N)cc2Cl)C1. The Balaban J connectivity index is 1.80. The molecule has 0 aromatic heterocycles. The average molecular weight is 313 g/mol. The third-order valence-corrected chi connectivity index (χ3v) is 5.25. The number of carbonyl (C=O) groups excluding carboxylic acids is 1. The molecule has 1 aliphatic carbocycles. The summed E-state index contributed by atoms with van der Waals surface area (Å²) in [5.41, 5.74) is 6.85. The summed E-state index contributed by atoms with van der Waals surface area (Å²) in [6, 6.07) is 5.12. The van der Waals surface area contributed by atoms with Crippen LogP contribution < -0.4 is 11.1 Å². The minimum atomic E-state index is -0.0000945. The molecule has 2 atom stereocenters. The molecule has 0 heterocycles. The molecular formula is C15H21ClN2OS. The fourth-order valence-electron chi connectivity index (χ4n) is 2.54. The number of halogens is 1. The molecule has 110 valence electrons. The van der Waals surface area contributed by atoms with E-state index in [-0.39, 0.29) is 5.91 Å². The lowest BCUT2D eigenvalue weighted by Gasteiger charge is -2.25. The summed E-state index contributed by atoms with van der Waals surface area (Å²) in [5.74, 6) is 1.27. The standard InChI is InChI=1S/C15H21ClN2OS/c1-10-3-2-4-12(7-10)20-9-15(19)18-14-6-5-11(17)8-13(14)16/h5-6,8,10,12H,2-4,7,9,17H2,1H3,(H,18,19). The number of nitrogens with two attached hydrogens (primary N) is 1. The van der Waals surface area contributed by atoms with Crippen LogP contribution in [0.3, 0.4) is 0 Å². The Morgan fingerprint density at radius 1 is 1.50 bits per heavy atom. The van der Waals surface area contributed by atoms with Crippen LogP contribution in [0, 0.1) is 5.92 Å². The van der Waals surface area contributed by atoms with Crippen molar-refractivity contribution in [3.05, 3.63) is 23.2 Å². The van der Waals surface area contributed by atoms with Gasteiger partial charge in [0.25, 0.3) is 0 Å². The van der Waals surface area contributed by atoms with Crippen molar-refractivity contribution in [2.45, 2.75) is 37.9 Å². The Hall–Kier alpha value is -0.870. The van der Waals surface area contributed by atoms with Gasteiger partial charge in [0.1, 0.15) is 0 Å². The first kappa shape index (κ1) is 15.5. The van der Waals surface area contributed by atoms with Gasteiger partial charge in [0.2, 0.25) is 5.91 Å². The molecule has 1 fully saturated rings. The summed E-state index contributed by atoms with van der Waals surface area (Å²) in [7, 11) is 0. The molecule has 1 aliphatic rings. The van der Waals surface area contributed by atoms with Gasteiger partial charge >= 0.3 is 0 Å². The molecule has 0 bridgehead atoms.